The van der Waals surface area contributed by atoms with E-state index in [2.05, 4.69) is 21.9 Å². The highest BCUT2D eigenvalue weighted by Gasteiger charge is 2.62. The molecule has 1 saturated heterocycles. The van der Waals surface area contributed by atoms with Crippen molar-refractivity contribution in [1.29, 1.82) is 0 Å². The summed E-state index contributed by atoms with van der Waals surface area (Å²) in [6, 6.07) is 1.83. The quantitative estimate of drug-likeness (QED) is 0.251. The van der Waals surface area contributed by atoms with Crippen molar-refractivity contribution in [3.05, 3.63) is 47.3 Å². The lowest BCUT2D eigenvalue weighted by Crippen LogP contribution is -2.58. The third-order valence-corrected chi connectivity index (χ3v) is 11.8. The second-order valence-electron chi connectivity index (χ2n) is 15.4. The van der Waals surface area contributed by atoms with E-state index in [1.807, 2.05) is 0 Å². The number of Topliss-reactive ketones (excluding diaryl/α,β-unsaturated/α-hetero) is 1. The van der Waals surface area contributed by atoms with Gasteiger partial charge < -0.3 is 25.0 Å². The minimum Gasteiger partial charge on any atom is -0.444 e. The van der Waals surface area contributed by atoms with Crippen molar-refractivity contribution in [1.82, 2.24) is 25.2 Å². The first-order chi connectivity index (χ1) is 24.7. The molecule has 17 heteroatoms. The van der Waals surface area contributed by atoms with E-state index in [0.717, 1.165) is 4.90 Å². The summed E-state index contributed by atoms with van der Waals surface area (Å²) in [6.07, 6.45) is -1.90. The van der Waals surface area contributed by atoms with Crippen LogP contribution in [0.15, 0.2) is 30.4 Å². The van der Waals surface area contributed by atoms with Crippen molar-refractivity contribution in [2.75, 3.05) is 6.54 Å². The first-order valence-corrected chi connectivity index (χ1v) is 19.4. The number of amides is 5. The fraction of sp³-hybridized carbons (Fsp3) is 0.611. The number of ketones is 1. The Kier molecular flexibility index (Phi) is 11.3. The first kappa shape index (κ1) is 39.7. The molecule has 5 amide bonds. The van der Waals surface area contributed by atoms with Gasteiger partial charge in [-0.05, 0) is 76.5 Å². The number of benzene rings is 1. The zero-order valence-electron chi connectivity index (χ0n) is 30.7. The highest BCUT2D eigenvalue weighted by molar-refractivity contribution is 7.91. The number of hydrogen-bond donors (Lipinski definition) is 3. The lowest BCUT2D eigenvalue weighted by Gasteiger charge is -2.30. The molecule has 0 bridgehead atoms. The molecule has 0 spiro atoms. The Morgan fingerprint density at radius 3 is 2.40 bits per heavy atom. The molecule has 0 radical (unpaired) electrons. The van der Waals surface area contributed by atoms with Gasteiger partial charge >= 0.3 is 12.2 Å². The molecule has 15 nitrogen and oxygen atoms in total. The number of carbonyl (C=O) groups is 6. The third kappa shape index (κ3) is 9.16. The van der Waals surface area contributed by atoms with E-state index < -0.39 is 80.3 Å². The van der Waals surface area contributed by atoms with Crippen LogP contribution in [0.3, 0.4) is 0 Å². The predicted molar refractivity (Wildman–Crippen MR) is 188 cm³/mol. The van der Waals surface area contributed by atoms with Crippen LogP contribution < -0.4 is 15.4 Å². The standard InChI is InChI=1S/C36H48FN5O10S/c1-7-22-16-36(22,32(46)40-53(49,50)24-11-12-24)39-30(44)28-15-23(51-34(48)41-17-21-9-8-10-26(37)25(21)19-41)18-42(28)31(45)27(13-14-29(43)20(2)3)38-33(47)52-35(4,5)6/h8-10,22-24,27-28H,2,7,11-19H2,1,3-6H3,(H,38,47)(H,39,44)(H,40,46)/t22-,23?,27+,28+,36-/m1/s1. The first-order valence-electron chi connectivity index (χ1n) is 17.8. The fourth-order valence-corrected chi connectivity index (χ4v) is 8.16. The van der Waals surface area contributed by atoms with Gasteiger partial charge in [0.1, 0.15) is 35.1 Å². The highest BCUT2D eigenvalue weighted by atomic mass is 32.2. The van der Waals surface area contributed by atoms with Gasteiger partial charge in [0.05, 0.1) is 18.3 Å². The van der Waals surface area contributed by atoms with Crippen molar-refractivity contribution in [2.45, 2.75) is 127 Å². The van der Waals surface area contributed by atoms with Gasteiger partial charge in [-0.2, -0.15) is 0 Å². The summed E-state index contributed by atoms with van der Waals surface area (Å²) < 4.78 is 53.0. The van der Waals surface area contributed by atoms with E-state index >= 15 is 0 Å². The Labute approximate surface area is 308 Å². The van der Waals surface area contributed by atoms with Gasteiger partial charge in [-0.25, -0.2) is 22.4 Å². The molecule has 290 valence electrons. The number of alkyl carbamates (subject to hydrolysis) is 1. The van der Waals surface area contributed by atoms with Crippen LogP contribution in [0.4, 0.5) is 14.0 Å². The summed E-state index contributed by atoms with van der Waals surface area (Å²) in [5.74, 6) is -3.64. The Morgan fingerprint density at radius 2 is 1.81 bits per heavy atom. The van der Waals surface area contributed by atoms with Gasteiger partial charge in [-0.15, -0.1) is 0 Å². The van der Waals surface area contributed by atoms with E-state index in [0.29, 0.717) is 30.4 Å². The number of sulfonamides is 1. The largest absolute Gasteiger partial charge is 0.444 e. The van der Waals surface area contributed by atoms with Crippen LogP contribution in [0.25, 0.3) is 0 Å². The molecule has 2 aliphatic heterocycles. The number of fused-ring (bicyclic) bond motifs is 1. The van der Waals surface area contributed by atoms with Crippen molar-refractivity contribution in [3.8, 4) is 0 Å². The number of nitrogens with one attached hydrogen (secondary N) is 3. The van der Waals surface area contributed by atoms with Crippen LogP contribution in [-0.4, -0.2) is 95.0 Å². The zero-order chi connectivity index (χ0) is 39.0. The molecular weight excluding hydrogens is 713 g/mol. The number of ether oxygens (including phenoxy) is 2. The van der Waals surface area contributed by atoms with Crippen LogP contribution in [0.1, 0.15) is 90.7 Å². The summed E-state index contributed by atoms with van der Waals surface area (Å²) in [7, 11) is -3.94. The van der Waals surface area contributed by atoms with Crippen LogP contribution in [0, 0.1) is 11.7 Å². The molecule has 2 heterocycles. The number of carbonyl (C=O) groups excluding carboxylic acids is 6. The van der Waals surface area contributed by atoms with Crippen LogP contribution >= 0.6 is 0 Å². The van der Waals surface area contributed by atoms with Gasteiger partial charge in [0, 0.05) is 24.9 Å². The maximum Gasteiger partial charge on any atom is 0.410 e. The summed E-state index contributed by atoms with van der Waals surface area (Å²) in [5.41, 5.74) is -1.27. The van der Waals surface area contributed by atoms with Gasteiger partial charge in [0.25, 0.3) is 5.91 Å². The SMILES string of the molecule is C=C(C)C(=O)CC[C@H](NC(=O)OC(C)(C)C)C(=O)N1CC(OC(=O)N2Cc3cccc(F)c3C2)C[C@H]1C(=O)N[C@]1(C(=O)NS(=O)(=O)C2CC2)C[C@H]1CC. The fourth-order valence-electron chi connectivity index (χ4n) is 6.79. The van der Waals surface area contributed by atoms with Gasteiger partial charge in [-0.3, -0.25) is 28.8 Å². The number of likely N-dealkylation sites (tertiary alicyclic amines) is 1. The number of halogens is 1. The average Bonchev–Trinajstić information content (AvgIpc) is 3.96. The molecule has 1 aromatic rings. The summed E-state index contributed by atoms with van der Waals surface area (Å²) in [6.45, 7) is 11.6. The molecule has 53 heavy (non-hydrogen) atoms. The monoisotopic (exact) mass is 761 g/mol. The molecule has 4 aliphatic rings. The Hall–Kier alpha value is -4.54. The smallest absolute Gasteiger partial charge is 0.410 e. The summed E-state index contributed by atoms with van der Waals surface area (Å²) in [5, 5.41) is 4.55. The number of allylic oxidation sites excluding steroid dienone is 1. The van der Waals surface area contributed by atoms with E-state index in [1.54, 1.807) is 33.8 Å². The zero-order valence-corrected chi connectivity index (χ0v) is 31.5. The number of nitrogens with zero attached hydrogens (tertiary/aromatic N) is 2. The van der Waals surface area contributed by atoms with E-state index in [-0.39, 0.29) is 62.6 Å². The van der Waals surface area contributed by atoms with Crippen molar-refractivity contribution in [2.24, 2.45) is 5.92 Å². The maximum atomic E-state index is 14.4. The van der Waals surface area contributed by atoms with E-state index in [4.69, 9.17) is 9.47 Å². The predicted octanol–water partition coefficient (Wildman–Crippen LogP) is 2.96. The molecule has 3 N–H and O–H groups in total. The average molecular weight is 762 g/mol. The third-order valence-electron chi connectivity index (χ3n) is 9.97. The van der Waals surface area contributed by atoms with Crippen LogP contribution in [-0.2, 0) is 51.8 Å². The van der Waals surface area contributed by atoms with Crippen molar-refractivity contribution in [3.63, 3.8) is 0 Å². The molecule has 0 aromatic heterocycles. The lowest BCUT2D eigenvalue weighted by atomic mass is 10.0. The molecular formula is C36H48FN5O10S. The Balaban J connectivity index is 1.39. The minimum atomic E-state index is -3.94. The van der Waals surface area contributed by atoms with E-state index in [1.165, 1.54) is 24.0 Å². The minimum absolute atomic E-state index is 0.0431. The van der Waals surface area contributed by atoms with Crippen LogP contribution in [0.5, 0.6) is 0 Å². The van der Waals surface area contributed by atoms with Gasteiger partial charge in [0.2, 0.25) is 21.8 Å². The number of rotatable bonds is 13. The van der Waals surface area contributed by atoms with Gasteiger partial charge in [0.15, 0.2) is 5.78 Å². The van der Waals surface area contributed by atoms with Crippen molar-refractivity contribution >= 4 is 45.7 Å². The second kappa shape index (κ2) is 15.1. The molecule has 1 unspecified atom stereocenters. The Morgan fingerprint density at radius 1 is 1.11 bits per heavy atom. The number of hydrogen-bond acceptors (Lipinski definition) is 10. The second-order valence-corrected chi connectivity index (χ2v) is 17.3. The topological polar surface area (TPSA) is 198 Å². The summed E-state index contributed by atoms with van der Waals surface area (Å²) in [4.78, 5) is 83.1. The van der Waals surface area contributed by atoms with Crippen molar-refractivity contribution < 1.29 is 51.0 Å². The molecule has 5 atom stereocenters. The molecule has 1 aromatic carbocycles. The van der Waals surface area contributed by atoms with E-state index in [9.17, 15) is 41.6 Å². The summed E-state index contributed by atoms with van der Waals surface area (Å²) >= 11 is 0. The molecule has 5 rings (SSSR count). The maximum absolute atomic E-state index is 14.4. The molecule has 2 aliphatic carbocycles. The highest BCUT2D eigenvalue weighted by Crippen LogP contribution is 2.47. The molecule has 3 fully saturated rings. The normalized spacial score (nSPS) is 24.1. The van der Waals surface area contributed by atoms with Crippen LogP contribution in [0.2, 0.25) is 0 Å². The van der Waals surface area contributed by atoms with Gasteiger partial charge in [-0.1, -0.05) is 32.1 Å². The Bertz CT molecular complexity index is 1810. The molecule has 2 saturated carbocycles. The lowest BCUT2D eigenvalue weighted by molar-refractivity contribution is -0.141.